The molecular formula is C9H19BN2O4. The number of rotatable bonds is 6. The average Bonchev–Trinajstić information content (AvgIpc) is 2.24. The number of aliphatic hydroxyl groups excluding tert-OH is 1. The molecule has 92 valence electrons. The molecule has 2 atom stereocenters. The molecule has 0 aromatic heterocycles. The molecule has 0 saturated carbocycles. The van der Waals surface area contributed by atoms with Crippen molar-refractivity contribution in [2.75, 3.05) is 14.2 Å². The summed E-state index contributed by atoms with van der Waals surface area (Å²) in [5.41, 5.74) is 0. The van der Waals surface area contributed by atoms with Crippen LogP contribution in [0.5, 0.6) is 0 Å². The van der Waals surface area contributed by atoms with E-state index in [1.54, 1.807) is 0 Å². The second-order valence-electron chi connectivity index (χ2n) is 3.56. The summed E-state index contributed by atoms with van der Waals surface area (Å²) in [6.07, 6.45) is 0.00420. The summed E-state index contributed by atoms with van der Waals surface area (Å²) in [6.45, 7) is 1.91. The summed E-state index contributed by atoms with van der Waals surface area (Å²) >= 11 is 0. The number of carbonyl (C=O) groups is 2. The largest absolute Gasteiger partial charge is 0.381 e. The summed E-state index contributed by atoms with van der Waals surface area (Å²) in [6, 6.07) is -0.576. The van der Waals surface area contributed by atoms with Crippen LogP contribution in [0.1, 0.15) is 19.8 Å². The first-order valence-corrected chi connectivity index (χ1v) is 5.20. The van der Waals surface area contributed by atoms with Crippen molar-refractivity contribution in [1.29, 1.82) is 0 Å². The molecule has 0 saturated heterocycles. The van der Waals surface area contributed by atoms with Gasteiger partial charge in [-0.1, -0.05) is 13.3 Å². The topological polar surface area (TPSA) is 78.9 Å². The van der Waals surface area contributed by atoms with E-state index in [2.05, 4.69) is 10.2 Å². The molecule has 0 rings (SSSR count). The number of nitrogens with one attached hydrogen (secondary N) is 1. The van der Waals surface area contributed by atoms with Gasteiger partial charge < -0.3 is 10.4 Å². The van der Waals surface area contributed by atoms with Gasteiger partial charge in [-0.25, -0.2) is 5.06 Å². The molecule has 16 heavy (non-hydrogen) atoms. The quantitative estimate of drug-likeness (QED) is 0.447. The van der Waals surface area contributed by atoms with E-state index in [0.29, 0.717) is 6.42 Å². The fourth-order valence-electron chi connectivity index (χ4n) is 1.33. The Bertz CT molecular complexity index is 250. The Morgan fingerprint density at radius 1 is 1.56 bits per heavy atom. The SMILES string of the molecule is BC(=O)N[C@@H](CCC)C(O)C(=O)N(C)OC. The van der Waals surface area contributed by atoms with Gasteiger partial charge in [0.2, 0.25) is 7.85 Å². The van der Waals surface area contributed by atoms with Crippen molar-refractivity contribution in [3.8, 4) is 0 Å². The van der Waals surface area contributed by atoms with Crippen LogP contribution in [-0.4, -0.2) is 56.0 Å². The molecule has 2 amide bonds. The summed E-state index contributed by atoms with van der Waals surface area (Å²) in [5, 5.41) is 13.3. The third kappa shape index (κ3) is 4.63. The number of amides is 2. The molecule has 0 fully saturated rings. The fraction of sp³-hybridized carbons (Fsp3) is 0.778. The molecule has 0 aromatic carbocycles. The van der Waals surface area contributed by atoms with Crippen LogP contribution in [0, 0.1) is 0 Å². The first-order valence-electron chi connectivity index (χ1n) is 5.20. The Morgan fingerprint density at radius 2 is 2.12 bits per heavy atom. The average molecular weight is 230 g/mol. The molecule has 0 spiro atoms. The Kier molecular flexibility index (Phi) is 6.75. The van der Waals surface area contributed by atoms with E-state index in [1.807, 2.05) is 6.92 Å². The zero-order valence-electron chi connectivity index (χ0n) is 10.2. The lowest BCUT2D eigenvalue weighted by molar-refractivity contribution is -0.179. The van der Waals surface area contributed by atoms with Crippen LogP contribution in [0.4, 0.5) is 4.79 Å². The highest BCUT2D eigenvalue weighted by Crippen LogP contribution is 2.05. The highest BCUT2D eigenvalue weighted by molar-refractivity contribution is 6.57. The zero-order chi connectivity index (χ0) is 12.7. The minimum atomic E-state index is -1.28. The number of carbonyl (C=O) groups excluding carboxylic acids is 2. The molecule has 0 radical (unpaired) electrons. The van der Waals surface area contributed by atoms with Gasteiger partial charge in [-0.15, -0.1) is 0 Å². The van der Waals surface area contributed by atoms with Crippen molar-refractivity contribution in [3.05, 3.63) is 0 Å². The van der Waals surface area contributed by atoms with Gasteiger partial charge in [-0.2, -0.15) is 0 Å². The van der Waals surface area contributed by atoms with Gasteiger partial charge in [0.25, 0.3) is 5.91 Å². The number of likely N-dealkylation sites (N-methyl/N-ethyl adjacent to an activating group) is 1. The Labute approximate surface area is 96.3 Å². The second-order valence-corrected chi connectivity index (χ2v) is 3.56. The number of hydrogen-bond acceptors (Lipinski definition) is 4. The molecule has 0 aliphatic rings. The predicted molar refractivity (Wildman–Crippen MR) is 61.6 cm³/mol. The van der Waals surface area contributed by atoms with Crippen LogP contribution in [-0.2, 0) is 9.63 Å². The van der Waals surface area contributed by atoms with Crippen molar-refractivity contribution in [3.63, 3.8) is 0 Å². The minimum absolute atomic E-state index is 0.273. The molecule has 0 aliphatic heterocycles. The molecular weight excluding hydrogens is 211 g/mol. The van der Waals surface area contributed by atoms with E-state index in [-0.39, 0.29) is 5.81 Å². The third-order valence-corrected chi connectivity index (χ3v) is 2.21. The van der Waals surface area contributed by atoms with Crippen LogP contribution in [0.15, 0.2) is 0 Å². The maximum atomic E-state index is 11.6. The van der Waals surface area contributed by atoms with E-state index in [4.69, 9.17) is 0 Å². The minimum Gasteiger partial charge on any atom is -0.381 e. The van der Waals surface area contributed by atoms with Crippen LogP contribution in [0.3, 0.4) is 0 Å². The fourth-order valence-corrected chi connectivity index (χ4v) is 1.33. The Balaban J connectivity index is 4.52. The lowest BCUT2D eigenvalue weighted by Crippen LogP contribution is -2.50. The van der Waals surface area contributed by atoms with Gasteiger partial charge in [0.1, 0.15) is 0 Å². The van der Waals surface area contributed by atoms with E-state index >= 15 is 0 Å². The Morgan fingerprint density at radius 3 is 2.50 bits per heavy atom. The van der Waals surface area contributed by atoms with E-state index in [1.165, 1.54) is 22.0 Å². The van der Waals surface area contributed by atoms with Gasteiger partial charge in [0, 0.05) is 7.05 Å². The molecule has 0 heterocycles. The normalized spacial score (nSPS) is 14.0. The highest BCUT2D eigenvalue weighted by atomic mass is 16.7. The number of hydroxylamine groups is 2. The number of hydrogen-bond donors (Lipinski definition) is 2. The van der Waals surface area contributed by atoms with E-state index in [9.17, 15) is 14.7 Å². The molecule has 2 N–H and O–H groups in total. The Hall–Kier alpha value is -1.08. The smallest absolute Gasteiger partial charge is 0.276 e. The lowest BCUT2D eigenvalue weighted by atomic mass is 10.0. The highest BCUT2D eigenvalue weighted by Gasteiger charge is 2.28. The van der Waals surface area contributed by atoms with Gasteiger partial charge in [-0.05, 0) is 6.42 Å². The van der Waals surface area contributed by atoms with Crippen molar-refractivity contribution in [1.82, 2.24) is 10.4 Å². The van der Waals surface area contributed by atoms with Gasteiger partial charge in [-0.3, -0.25) is 14.4 Å². The first-order chi connectivity index (χ1) is 7.43. The van der Waals surface area contributed by atoms with Gasteiger partial charge in [0.05, 0.1) is 13.2 Å². The monoisotopic (exact) mass is 230 g/mol. The van der Waals surface area contributed by atoms with Gasteiger partial charge in [0.15, 0.2) is 11.9 Å². The van der Waals surface area contributed by atoms with Crippen LogP contribution in [0.25, 0.3) is 0 Å². The van der Waals surface area contributed by atoms with E-state index in [0.717, 1.165) is 11.5 Å². The number of nitrogens with zero attached hydrogens (tertiary/aromatic N) is 1. The molecule has 0 aromatic rings. The molecule has 7 heteroatoms. The zero-order valence-corrected chi connectivity index (χ0v) is 10.2. The van der Waals surface area contributed by atoms with E-state index < -0.39 is 18.1 Å². The van der Waals surface area contributed by atoms with Crippen molar-refractivity contribution < 1.29 is 19.5 Å². The van der Waals surface area contributed by atoms with Crippen LogP contribution >= 0.6 is 0 Å². The number of aliphatic hydroxyl groups is 1. The van der Waals surface area contributed by atoms with Gasteiger partial charge >= 0.3 is 0 Å². The van der Waals surface area contributed by atoms with Crippen molar-refractivity contribution >= 4 is 19.6 Å². The maximum Gasteiger partial charge on any atom is 0.276 e. The first kappa shape index (κ1) is 14.9. The predicted octanol–water partition coefficient (Wildman–Crippen LogP) is -1.12. The maximum absolute atomic E-state index is 11.6. The standard InChI is InChI=1S/C9H19BN2O4/c1-4-5-6(11-9(10)15)7(13)8(14)12(2)16-3/h6-7,13H,4-5,10H2,1-3H3,(H,11,15)/t6-,7?/m0/s1. The van der Waals surface area contributed by atoms with Crippen molar-refractivity contribution in [2.45, 2.75) is 31.9 Å². The summed E-state index contributed by atoms with van der Waals surface area (Å²) in [5.74, 6) is -0.847. The summed E-state index contributed by atoms with van der Waals surface area (Å²) < 4.78 is 0. The van der Waals surface area contributed by atoms with Crippen LogP contribution < -0.4 is 5.32 Å². The van der Waals surface area contributed by atoms with Crippen LogP contribution in [0.2, 0.25) is 0 Å². The summed E-state index contributed by atoms with van der Waals surface area (Å²) in [7, 11) is 4.08. The molecule has 6 nitrogen and oxygen atoms in total. The second kappa shape index (κ2) is 7.24. The molecule has 1 unspecified atom stereocenters. The van der Waals surface area contributed by atoms with Crippen molar-refractivity contribution in [2.24, 2.45) is 0 Å². The third-order valence-electron chi connectivity index (χ3n) is 2.21. The summed E-state index contributed by atoms with van der Waals surface area (Å²) in [4.78, 5) is 27.2. The molecule has 0 aliphatic carbocycles. The molecule has 0 bridgehead atoms. The lowest BCUT2D eigenvalue weighted by Gasteiger charge is -2.25.